The minimum Gasteiger partial charge on any atom is -0.350 e. The molecule has 1 N–H and O–H groups in total. The van der Waals surface area contributed by atoms with Gasteiger partial charge < -0.3 is 10.2 Å². The highest BCUT2D eigenvalue weighted by molar-refractivity contribution is 5.95. The van der Waals surface area contributed by atoms with Crippen molar-refractivity contribution in [1.82, 2.24) is 10.2 Å². The average Bonchev–Trinajstić information content (AvgIpc) is 2.26. The van der Waals surface area contributed by atoms with Crippen LogP contribution in [0.3, 0.4) is 0 Å². The second kappa shape index (κ2) is 5.32. The predicted molar refractivity (Wildman–Crippen MR) is 71.3 cm³/mol. The Morgan fingerprint density at radius 2 is 1.88 bits per heavy atom. The van der Waals surface area contributed by atoms with Gasteiger partial charge >= 0.3 is 0 Å². The van der Waals surface area contributed by atoms with E-state index in [1.807, 2.05) is 45.3 Å². The number of rotatable bonds is 4. The maximum Gasteiger partial charge on any atom is 0.251 e. The van der Waals surface area contributed by atoms with Crippen LogP contribution in [0.1, 0.15) is 29.8 Å². The Hall–Kier alpha value is -1.35. The zero-order valence-corrected chi connectivity index (χ0v) is 11.4. The van der Waals surface area contributed by atoms with Crippen LogP contribution < -0.4 is 5.32 Å². The third-order valence-electron chi connectivity index (χ3n) is 3.28. The van der Waals surface area contributed by atoms with Crippen LogP contribution in [0.4, 0.5) is 0 Å². The van der Waals surface area contributed by atoms with E-state index in [0.717, 1.165) is 11.1 Å². The summed E-state index contributed by atoms with van der Waals surface area (Å²) in [6.07, 6.45) is 0. The van der Waals surface area contributed by atoms with Gasteiger partial charge in [-0.15, -0.1) is 0 Å². The number of benzene rings is 1. The fourth-order valence-electron chi connectivity index (χ4n) is 1.38. The van der Waals surface area contributed by atoms with Crippen molar-refractivity contribution in [2.45, 2.75) is 26.3 Å². The zero-order chi connectivity index (χ0) is 13.1. The molecule has 0 atom stereocenters. The van der Waals surface area contributed by atoms with E-state index in [4.69, 9.17) is 0 Å². The molecular formula is C14H22N2O. The van der Waals surface area contributed by atoms with Crippen LogP contribution in [-0.4, -0.2) is 37.0 Å². The quantitative estimate of drug-likeness (QED) is 0.865. The summed E-state index contributed by atoms with van der Waals surface area (Å²) in [4.78, 5) is 14.1. The van der Waals surface area contributed by atoms with Gasteiger partial charge in [0.2, 0.25) is 0 Å². The van der Waals surface area contributed by atoms with Crippen molar-refractivity contribution >= 4 is 5.91 Å². The summed E-state index contributed by atoms with van der Waals surface area (Å²) in [5, 5.41) is 2.98. The van der Waals surface area contributed by atoms with Gasteiger partial charge in [0, 0.05) is 17.6 Å². The van der Waals surface area contributed by atoms with Crippen molar-refractivity contribution in [3.63, 3.8) is 0 Å². The molecule has 0 saturated carbocycles. The zero-order valence-electron chi connectivity index (χ0n) is 11.4. The van der Waals surface area contributed by atoms with Crippen molar-refractivity contribution < 1.29 is 4.79 Å². The first-order chi connectivity index (χ1) is 7.84. The van der Waals surface area contributed by atoms with E-state index >= 15 is 0 Å². The van der Waals surface area contributed by atoms with Crippen LogP contribution in [0.2, 0.25) is 0 Å². The number of aryl methyl sites for hydroxylation is 1. The molecule has 0 unspecified atom stereocenters. The molecular weight excluding hydrogens is 212 g/mol. The van der Waals surface area contributed by atoms with Crippen LogP contribution in [-0.2, 0) is 0 Å². The van der Waals surface area contributed by atoms with Crippen molar-refractivity contribution in [2.75, 3.05) is 20.6 Å². The van der Waals surface area contributed by atoms with Crippen molar-refractivity contribution in [3.05, 3.63) is 35.4 Å². The number of carbonyl (C=O) groups excluding carboxylic acids is 1. The minimum absolute atomic E-state index is 0.00183. The number of nitrogens with zero attached hydrogens (tertiary/aromatic N) is 1. The van der Waals surface area contributed by atoms with E-state index in [1.165, 1.54) is 0 Å². The van der Waals surface area contributed by atoms with Gasteiger partial charge in [-0.1, -0.05) is 18.2 Å². The van der Waals surface area contributed by atoms with Crippen molar-refractivity contribution in [3.8, 4) is 0 Å². The third kappa shape index (κ3) is 3.56. The average molecular weight is 234 g/mol. The number of carbonyl (C=O) groups is 1. The SMILES string of the molecule is Cc1ccccc1C(=O)NCC(C)(C)N(C)C. The van der Waals surface area contributed by atoms with E-state index in [2.05, 4.69) is 24.1 Å². The lowest BCUT2D eigenvalue weighted by atomic mass is 10.0. The molecule has 0 aliphatic heterocycles. The summed E-state index contributed by atoms with van der Waals surface area (Å²) in [5.74, 6) is -0.00183. The van der Waals surface area contributed by atoms with Crippen molar-refractivity contribution in [1.29, 1.82) is 0 Å². The molecule has 0 heterocycles. The molecule has 0 spiro atoms. The molecule has 1 rings (SSSR count). The second-order valence-electron chi connectivity index (χ2n) is 5.20. The fraction of sp³-hybridized carbons (Fsp3) is 0.500. The summed E-state index contributed by atoms with van der Waals surface area (Å²) < 4.78 is 0. The molecule has 0 fully saturated rings. The number of hydrogen-bond donors (Lipinski definition) is 1. The minimum atomic E-state index is -0.0433. The topological polar surface area (TPSA) is 32.3 Å². The maximum atomic E-state index is 12.0. The smallest absolute Gasteiger partial charge is 0.251 e. The van der Waals surface area contributed by atoms with Gasteiger partial charge in [0.1, 0.15) is 0 Å². The Bertz CT molecular complexity index is 397. The highest BCUT2D eigenvalue weighted by atomic mass is 16.1. The maximum absolute atomic E-state index is 12.0. The van der Waals surface area contributed by atoms with Gasteiger partial charge in [-0.2, -0.15) is 0 Å². The summed E-state index contributed by atoms with van der Waals surface area (Å²) in [7, 11) is 4.03. The molecule has 0 aliphatic rings. The predicted octanol–water partition coefficient (Wildman–Crippen LogP) is 2.07. The molecule has 0 aromatic heterocycles. The summed E-state index contributed by atoms with van der Waals surface area (Å²) in [6.45, 7) is 6.79. The van der Waals surface area contributed by atoms with Crippen LogP contribution in [0.15, 0.2) is 24.3 Å². The summed E-state index contributed by atoms with van der Waals surface area (Å²) in [5.41, 5.74) is 1.72. The van der Waals surface area contributed by atoms with Gasteiger partial charge in [0.25, 0.3) is 5.91 Å². The molecule has 1 aromatic carbocycles. The van der Waals surface area contributed by atoms with Gasteiger partial charge in [-0.25, -0.2) is 0 Å². The van der Waals surface area contributed by atoms with Crippen LogP contribution >= 0.6 is 0 Å². The lowest BCUT2D eigenvalue weighted by molar-refractivity contribution is 0.0919. The Morgan fingerprint density at radius 1 is 1.29 bits per heavy atom. The molecule has 0 saturated heterocycles. The standard InChI is InChI=1S/C14H22N2O/c1-11-8-6-7-9-12(11)13(17)15-10-14(2,3)16(4)5/h6-9H,10H2,1-5H3,(H,15,17). The third-order valence-corrected chi connectivity index (χ3v) is 3.28. The second-order valence-corrected chi connectivity index (χ2v) is 5.20. The van der Waals surface area contributed by atoms with Crippen LogP contribution in [0, 0.1) is 6.92 Å². The molecule has 0 radical (unpaired) electrons. The lowest BCUT2D eigenvalue weighted by Crippen LogP contribution is -2.48. The summed E-state index contributed by atoms with van der Waals surface area (Å²) >= 11 is 0. The molecule has 1 aromatic rings. The van der Waals surface area contributed by atoms with E-state index in [1.54, 1.807) is 0 Å². The summed E-state index contributed by atoms with van der Waals surface area (Å²) in [6, 6.07) is 7.63. The van der Waals surface area contributed by atoms with Gasteiger partial charge in [0.05, 0.1) is 0 Å². The van der Waals surface area contributed by atoms with Crippen molar-refractivity contribution in [2.24, 2.45) is 0 Å². The highest BCUT2D eigenvalue weighted by Gasteiger charge is 2.21. The Balaban J connectivity index is 2.66. The molecule has 3 heteroatoms. The number of likely N-dealkylation sites (N-methyl/N-ethyl adjacent to an activating group) is 1. The Morgan fingerprint density at radius 3 is 2.41 bits per heavy atom. The van der Waals surface area contributed by atoms with Gasteiger partial charge in [0.15, 0.2) is 0 Å². The Labute approximate surface area is 104 Å². The van der Waals surface area contributed by atoms with E-state index in [9.17, 15) is 4.79 Å². The first-order valence-corrected chi connectivity index (χ1v) is 5.86. The molecule has 0 bridgehead atoms. The number of hydrogen-bond acceptors (Lipinski definition) is 2. The lowest BCUT2D eigenvalue weighted by Gasteiger charge is -2.32. The molecule has 3 nitrogen and oxygen atoms in total. The number of amides is 1. The van der Waals surface area contributed by atoms with Crippen LogP contribution in [0.5, 0.6) is 0 Å². The van der Waals surface area contributed by atoms with E-state index < -0.39 is 0 Å². The molecule has 1 amide bonds. The first-order valence-electron chi connectivity index (χ1n) is 5.86. The normalized spacial score (nSPS) is 11.6. The van der Waals surface area contributed by atoms with Gasteiger partial charge in [-0.05, 0) is 46.5 Å². The van der Waals surface area contributed by atoms with Gasteiger partial charge in [-0.3, -0.25) is 4.79 Å². The fourth-order valence-corrected chi connectivity index (χ4v) is 1.38. The highest BCUT2D eigenvalue weighted by Crippen LogP contribution is 2.10. The monoisotopic (exact) mass is 234 g/mol. The molecule has 17 heavy (non-hydrogen) atoms. The van der Waals surface area contributed by atoms with Crippen LogP contribution in [0.25, 0.3) is 0 Å². The molecule has 94 valence electrons. The number of nitrogens with one attached hydrogen (secondary N) is 1. The van der Waals surface area contributed by atoms with E-state index in [0.29, 0.717) is 6.54 Å². The Kier molecular flexibility index (Phi) is 4.29. The largest absolute Gasteiger partial charge is 0.350 e. The first kappa shape index (κ1) is 13.7. The van der Waals surface area contributed by atoms with E-state index in [-0.39, 0.29) is 11.4 Å². The molecule has 0 aliphatic carbocycles.